The van der Waals surface area contributed by atoms with Gasteiger partial charge < -0.3 is 15.0 Å². The van der Waals surface area contributed by atoms with Crippen molar-refractivity contribution in [3.8, 4) is 0 Å². The summed E-state index contributed by atoms with van der Waals surface area (Å²) in [6, 6.07) is 9.31. The maximum absolute atomic E-state index is 12.4. The Labute approximate surface area is 137 Å². The summed E-state index contributed by atoms with van der Waals surface area (Å²) in [5.41, 5.74) is 2.54. The van der Waals surface area contributed by atoms with Gasteiger partial charge in [0.15, 0.2) is 0 Å². The highest BCUT2D eigenvalue weighted by Gasteiger charge is 2.21. The Kier molecular flexibility index (Phi) is 4.16. The second-order valence-electron chi connectivity index (χ2n) is 5.08. The summed E-state index contributed by atoms with van der Waals surface area (Å²) >= 11 is 1.35. The van der Waals surface area contributed by atoms with Crippen LogP contribution in [-0.2, 0) is 4.74 Å². The fourth-order valence-electron chi connectivity index (χ4n) is 2.37. The number of carbonyl (C=O) groups excluding carboxylic acids is 2. The quantitative estimate of drug-likeness (QED) is 0.712. The second-order valence-corrected chi connectivity index (χ2v) is 6.02. The van der Waals surface area contributed by atoms with E-state index in [2.05, 4.69) is 10.3 Å². The topological polar surface area (TPSA) is 71.2 Å². The number of H-pyrrole nitrogens is 1. The number of nitrogens with one attached hydrogen (secondary N) is 2. The molecule has 0 spiro atoms. The van der Waals surface area contributed by atoms with Crippen LogP contribution in [0.15, 0.2) is 35.7 Å². The van der Waals surface area contributed by atoms with Crippen LogP contribution in [0, 0.1) is 6.92 Å². The van der Waals surface area contributed by atoms with Gasteiger partial charge >= 0.3 is 5.97 Å². The summed E-state index contributed by atoms with van der Waals surface area (Å²) in [5.74, 6) is -0.726. The molecule has 0 atom stereocenters. The summed E-state index contributed by atoms with van der Waals surface area (Å²) in [7, 11) is 0. The zero-order valence-electron chi connectivity index (χ0n) is 12.8. The Morgan fingerprint density at radius 1 is 1.30 bits per heavy atom. The molecule has 5 nitrogen and oxygen atoms in total. The number of rotatable bonds is 4. The zero-order chi connectivity index (χ0) is 16.4. The van der Waals surface area contributed by atoms with Crippen molar-refractivity contribution in [1.82, 2.24) is 4.98 Å². The predicted molar refractivity (Wildman–Crippen MR) is 91.3 cm³/mol. The molecule has 118 valence electrons. The van der Waals surface area contributed by atoms with E-state index in [4.69, 9.17) is 4.74 Å². The molecule has 0 saturated carbocycles. The lowest BCUT2D eigenvalue weighted by atomic mass is 10.1. The highest BCUT2D eigenvalue weighted by atomic mass is 32.1. The average molecular weight is 328 g/mol. The third kappa shape index (κ3) is 2.98. The van der Waals surface area contributed by atoms with Crippen LogP contribution < -0.4 is 5.32 Å². The van der Waals surface area contributed by atoms with E-state index in [1.54, 1.807) is 13.0 Å². The Hall–Kier alpha value is -2.60. The number of amides is 1. The van der Waals surface area contributed by atoms with E-state index in [0.717, 1.165) is 16.5 Å². The predicted octanol–water partition coefficient (Wildman–Crippen LogP) is 3.97. The third-order valence-electron chi connectivity index (χ3n) is 3.42. The van der Waals surface area contributed by atoms with Crippen LogP contribution in [0.2, 0.25) is 0 Å². The molecule has 23 heavy (non-hydrogen) atoms. The van der Waals surface area contributed by atoms with Crippen LogP contribution in [0.5, 0.6) is 0 Å². The first-order chi connectivity index (χ1) is 11.1. The number of anilines is 1. The van der Waals surface area contributed by atoms with E-state index in [1.165, 1.54) is 11.3 Å². The molecule has 3 rings (SSSR count). The summed E-state index contributed by atoms with van der Waals surface area (Å²) < 4.78 is 5.08. The zero-order valence-corrected chi connectivity index (χ0v) is 13.6. The van der Waals surface area contributed by atoms with Gasteiger partial charge in [-0.1, -0.05) is 17.7 Å². The van der Waals surface area contributed by atoms with E-state index in [-0.39, 0.29) is 18.2 Å². The summed E-state index contributed by atoms with van der Waals surface area (Å²) in [6.45, 7) is 3.97. The second kappa shape index (κ2) is 6.26. The number of esters is 1. The van der Waals surface area contributed by atoms with Gasteiger partial charge in [0.2, 0.25) is 0 Å². The van der Waals surface area contributed by atoms with Crippen LogP contribution in [0.25, 0.3) is 10.9 Å². The SMILES string of the molecule is CCOC(=O)c1[nH]c2ccc(C)cc2c1NC(=O)c1cccs1. The van der Waals surface area contributed by atoms with Gasteiger partial charge in [-0.2, -0.15) is 0 Å². The van der Waals surface area contributed by atoms with Crippen molar-refractivity contribution in [3.63, 3.8) is 0 Å². The van der Waals surface area contributed by atoms with E-state index >= 15 is 0 Å². The average Bonchev–Trinajstić information content (AvgIpc) is 3.16. The van der Waals surface area contributed by atoms with E-state index in [1.807, 2.05) is 36.6 Å². The van der Waals surface area contributed by atoms with Crippen molar-refractivity contribution in [1.29, 1.82) is 0 Å². The molecule has 0 radical (unpaired) electrons. The molecule has 2 heterocycles. The standard InChI is InChI=1S/C17H16N2O3S/c1-3-22-17(21)15-14(19-16(20)13-5-4-8-23-13)11-9-10(2)6-7-12(11)18-15/h4-9,18H,3H2,1-2H3,(H,19,20). The summed E-state index contributed by atoms with van der Waals surface area (Å²) in [6.07, 6.45) is 0. The first-order valence-electron chi connectivity index (χ1n) is 7.24. The molecule has 0 aliphatic carbocycles. The number of carbonyl (C=O) groups is 2. The molecule has 0 aliphatic rings. The number of fused-ring (bicyclic) bond motifs is 1. The van der Waals surface area contributed by atoms with Crippen molar-refractivity contribution in [2.75, 3.05) is 11.9 Å². The number of aryl methyl sites for hydroxylation is 1. The minimum Gasteiger partial charge on any atom is -0.461 e. The van der Waals surface area contributed by atoms with Crippen molar-refractivity contribution in [2.24, 2.45) is 0 Å². The number of ether oxygens (including phenoxy) is 1. The molecule has 1 amide bonds. The lowest BCUT2D eigenvalue weighted by Crippen LogP contribution is -2.14. The van der Waals surface area contributed by atoms with Crippen LogP contribution >= 0.6 is 11.3 Å². The molecular formula is C17H16N2O3S. The number of hydrogen-bond donors (Lipinski definition) is 2. The van der Waals surface area contributed by atoms with Crippen molar-refractivity contribution in [2.45, 2.75) is 13.8 Å². The first-order valence-corrected chi connectivity index (χ1v) is 8.12. The molecule has 1 aromatic carbocycles. The highest BCUT2D eigenvalue weighted by molar-refractivity contribution is 7.12. The molecule has 6 heteroatoms. The Morgan fingerprint density at radius 3 is 2.83 bits per heavy atom. The fraction of sp³-hybridized carbons (Fsp3) is 0.176. The monoisotopic (exact) mass is 328 g/mol. The number of hydrogen-bond acceptors (Lipinski definition) is 4. The molecule has 2 aromatic heterocycles. The number of thiophene rings is 1. The van der Waals surface area contributed by atoms with Gasteiger partial charge in [0.05, 0.1) is 17.2 Å². The lowest BCUT2D eigenvalue weighted by Gasteiger charge is -2.06. The van der Waals surface area contributed by atoms with Gasteiger partial charge in [-0.25, -0.2) is 4.79 Å². The van der Waals surface area contributed by atoms with Gasteiger partial charge in [0.1, 0.15) is 5.69 Å². The molecule has 0 saturated heterocycles. The molecule has 0 aliphatic heterocycles. The minimum atomic E-state index is -0.483. The maximum atomic E-state index is 12.4. The fourth-order valence-corrected chi connectivity index (χ4v) is 2.99. The van der Waals surface area contributed by atoms with E-state index in [0.29, 0.717) is 10.6 Å². The van der Waals surface area contributed by atoms with Crippen LogP contribution in [0.4, 0.5) is 5.69 Å². The third-order valence-corrected chi connectivity index (χ3v) is 4.29. The largest absolute Gasteiger partial charge is 0.461 e. The highest BCUT2D eigenvalue weighted by Crippen LogP contribution is 2.30. The molecular weight excluding hydrogens is 312 g/mol. The van der Waals surface area contributed by atoms with Crippen LogP contribution in [-0.4, -0.2) is 23.5 Å². The van der Waals surface area contributed by atoms with Gasteiger partial charge in [-0.05, 0) is 37.4 Å². The maximum Gasteiger partial charge on any atom is 0.356 e. The summed E-state index contributed by atoms with van der Waals surface area (Å²) in [4.78, 5) is 28.2. The van der Waals surface area contributed by atoms with Gasteiger partial charge in [-0.15, -0.1) is 11.3 Å². The van der Waals surface area contributed by atoms with E-state index in [9.17, 15) is 9.59 Å². The minimum absolute atomic E-state index is 0.243. The summed E-state index contributed by atoms with van der Waals surface area (Å²) in [5, 5.41) is 5.47. The Balaban J connectivity index is 2.07. The first kappa shape index (κ1) is 15.3. The molecule has 2 N–H and O–H groups in total. The number of aromatic amines is 1. The number of benzene rings is 1. The Morgan fingerprint density at radius 2 is 2.13 bits per heavy atom. The normalized spacial score (nSPS) is 10.7. The van der Waals surface area contributed by atoms with E-state index < -0.39 is 5.97 Å². The smallest absolute Gasteiger partial charge is 0.356 e. The van der Waals surface area contributed by atoms with Gasteiger partial charge in [0.25, 0.3) is 5.91 Å². The number of aromatic nitrogens is 1. The van der Waals surface area contributed by atoms with Crippen molar-refractivity contribution in [3.05, 3.63) is 51.8 Å². The van der Waals surface area contributed by atoms with Crippen molar-refractivity contribution < 1.29 is 14.3 Å². The van der Waals surface area contributed by atoms with Crippen LogP contribution in [0.1, 0.15) is 32.6 Å². The molecule has 0 bridgehead atoms. The van der Waals surface area contributed by atoms with Crippen LogP contribution in [0.3, 0.4) is 0 Å². The van der Waals surface area contributed by atoms with Gasteiger partial charge in [0, 0.05) is 10.9 Å². The molecule has 0 unspecified atom stereocenters. The van der Waals surface area contributed by atoms with Crippen molar-refractivity contribution >= 4 is 39.8 Å². The molecule has 3 aromatic rings. The lowest BCUT2D eigenvalue weighted by molar-refractivity contribution is 0.0522. The van der Waals surface area contributed by atoms with Gasteiger partial charge in [-0.3, -0.25) is 4.79 Å². The molecule has 0 fully saturated rings. The Bertz CT molecular complexity index is 865.